The summed E-state index contributed by atoms with van der Waals surface area (Å²) < 4.78 is 12.3. The van der Waals surface area contributed by atoms with E-state index in [1.54, 1.807) is 36.4 Å². The number of amides is 1. The number of carbonyl (C=O) groups is 1. The van der Waals surface area contributed by atoms with Crippen molar-refractivity contribution in [1.82, 2.24) is 4.98 Å². The molecule has 158 valence electrons. The number of ether oxygens (including phenoxy) is 1. The van der Waals surface area contributed by atoms with Gasteiger partial charge >= 0.3 is 0 Å². The molecule has 3 aromatic carbocycles. The smallest absolute Gasteiger partial charge is 0.262 e. The van der Waals surface area contributed by atoms with Crippen LogP contribution in [-0.2, 0) is 4.79 Å². The summed E-state index contributed by atoms with van der Waals surface area (Å²) >= 11 is 15.9. The van der Waals surface area contributed by atoms with Crippen LogP contribution in [0.5, 0.6) is 5.75 Å². The molecule has 0 aliphatic carbocycles. The fourth-order valence-electron chi connectivity index (χ4n) is 3.12. The molecule has 0 aliphatic heterocycles. The Hall–Kier alpha value is -2.54. The van der Waals surface area contributed by atoms with Crippen LogP contribution in [-0.4, -0.2) is 17.5 Å². The normalized spacial score (nSPS) is 11.0. The van der Waals surface area contributed by atoms with Gasteiger partial charge in [0.1, 0.15) is 11.3 Å². The fraction of sp³-hybridized carbons (Fsp3) is 0.130. The molecule has 0 spiro atoms. The highest BCUT2D eigenvalue weighted by molar-refractivity contribution is 9.10. The van der Waals surface area contributed by atoms with E-state index in [0.29, 0.717) is 44.0 Å². The van der Waals surface area contributed by atoms with Crippen molar-refractivity contribution in [2.45, 2.75) is 13.8 Å². The van der Waals surface area contributed by atoms with Crippen LogP contribution in [0.4, 0.5) is 5.69 Å². The number of nitrogens with one attached hydrogen (secondary N) is 1. The van der Waals surface area contributed by atoms with Crippen LogP contribution >= 0.6 is 39.1 Å². The topological polar surface area (TPSA) is 64.4 Å². The molecule has 0 saturated carbocycles. The zero-order chi connectivity index (χ0) is 22.1. The quantitative estimate of drug-likeness (QED) is 0.303. The van der Waals surface area contributed by atoms with E-state index in [2.05, 4.69) is 26.2 Å². The molecule has 0 saturated heterocycles. The number of aromatic nitrogens is 1. The summed E-state index contributed by atoms with van der Waals surface area (Å²) in [5.41, 5.74) is 4.26. The Morgan fingerprint density at radius 2 is 1.84 bits per heavy atom. The van der Waals surface area contributed by atoms with Gasteiger partial charge in [-0.25, -0.2) is 4.98 Å². The van der Waals surface area contributed by atoms with Gasteiger partial charge in [0.15, 0.2) is 12.2 Å². The van der Waals surface area contributed by atoms with Crippen LogP contribution in [0.3, 0.4) is 0 Å². The molecule has 5 nitrogen and oxygen atoms in total. The zero-order valence-electron chi connectivity index (χ0n) is 16.6. The number of anilines is 1. The molecule has 0 aliphatic rings. The van der Waals surface area contributed by atoms with Crippen molar-refractivity contribution in [3.63, 3.8) is 0 Å². The lowest BCUT2D eigenvalue weighted by atomic mass is 10.1. The van der Waals surface area contributed by atoms with E-state index in [4.69, 9.17) is 32.4 Å². The largest absolute Gasteiger partial charge is 0.484 e. The third-order valence-corrected chi connectivity index (χ3v) is 6.03. The molecule has 0 unspecified atom stereocenters. The number of oxazole rings is 1. The lowest BCUT2D eigenvalue weighted by Gasteiger charge is -2.10. The summed E-state index contributed by atoms with van der Waals surface area (Å²) in [6.07, 6.45) is 0. The SMILES string of the molecule is Cc1cc(OCC(=O)Nc2ccc3oc(-c4cc(Br)ccc4Cl)nc3c2)cc(C)c1Cl. The van der Waals surface area contributed by atoms with E-state index in [-0.39, 0.29) is 12.5 Å². The van der Waals surface area contributed by atoms with Gasteiger partial charge in [0, 0.05) is 15.2 Å². The van der Waals surface area contributed by atoms with Crippen molar-refractivity contribution in [2.75, 3.05) is 11.9 Å². The maximum Gasteiger partial charge on any atom is 0.262 e. The Kier molecular flexibility index (Phi) is 6.23. The van der Waals surface area contributed by atoms with E-state index in [1.807, 2.05) is 26.0 Å². The predicted molar refractivity (Wildman–Crippen MR) is 127 cm³/mol. The monoisotopic (exact) mass is 518 g/mol. The van der Waals surface area contributed by atoms with Crippen molar-refractivity contribution in [3.8, 4) is 17.2 Å². The van der Waals surface area contributed by atoms with Gasteiger partial charge in [-0.1, -0.05) is 39.1 Å². The lowest BCUT2D eigenvalue weighted by Crippen LogP contribution is -2.20. The maximum absolute atomic E-state index is 12.3. The molecular formula is C23H17BrCl2N2O3. The number of rotatable bonds is 5. The van der Waals surface area contributed by atoms with Crippen LogP contribution in [0.2, 0.25) is 10.0 Å². The van der Waals surface area contributed by atoms with Gasteiger partial charge in [-0.15, -0.1) is 0 Å². The number of fused-ring (bicyclic) bond motifs is 1. The summed E-state index contributed by atoms with van der Waals surface area (Å²) in [6, 6.07) is 14.3. The Bertz CT molecular complexity index is 1280. The molecule has 1 heterocycles. The number of hydrogen-bond donors (Lipinski definition) is 1. The minimum atomic E-state index is -0.289. The average Bonchev–Trinajstić information content (AvgIpc) is 3.15. The predicted octanol–water partition coefficient (Wildman–Crippen LogP) is 7.20. The Morgan fingerprint density at radius 3 is 2.58 bits per heavy atom. The average molecular weight is 520 g/mol. The minimum absolute atomic E-state index is 0.129. The second kappa shape index (κ2) is 8.91. The van der Waals surface area contributed by atoms with Gasteiger partial charge < -0.3 is 14.5 Å². The molecule has 8 heteroatoms. The van der Waals surface area contributed by atoms with Gasteiger partial charge in [-0.05, 0) is 73.5 Å². The molecule has 0 radical (unpaired) electrons. The Balaban J connectivity index is 1.47. The van der Waals surface area contributed by atoms with Crippen LogP contribution in [0.25, 0.3) is 22.6 Å². The maximum atomic E-state index is 12.3. The van der Waals surface area contributed by atoms with Crippen molar-refractivity contribution < 1.29 is 13.9 Å². The first kappa shape index (κ1) is 21.7. The first-order valence-corrected chi connectivity index (χ1v) is 10.9. The second-order valence-corrected chi connectivity index (χ2v) is 8.73. The number of carbonyl (C=O) groups excluding carboxylic acids is 1. The van der Waals surface area contributed by atoms with Gasteiger partial charge in [-0.2, -0.15) is 0 Å². The Labute approximate surface area is 197 Å². The minimum Gasteiger partial charge on any atom is -0.484 e. The highest BCUT2D eigenvalue weighted by atomic mass is 79.9. The van der Waals surface area contributed by atoms with Crippen molar-refractivity contribution in [2.24, 2.45) is 0 Å². The van der Waals surface area contributed by atoms with Crippen LogP contribution in [0, 0.1) is 13.8 Å². The zero-order valence-corrected chi connectivity index (χ0v) is 19.7. The summed E-state index contributed by atoms with van der Waals surface area (Å²) in [4.78, 5) is 16.8. The van der Waals surface area contributed by atoms with Gasteiger partial charge in [0.2, 0.25) is 5.89 Å². The molecule has 31 heavy (non-hydrogen) atoms. The standard InChI is InChI=1S/C23H17BrCl2N2O3/c1-12-7-16(8-13(2)22(12)26)30-11-21(29)27-15-4-6-20-19(10-15)28-23(31-20)17-9-14(24)3-5-18(17)25/h3-10H,11H2,1-2H3,(H,27,29). The molecule has 0 bridgehead atoms. The van der Waals surface area contributed by atoms with E-state index >= 15 is 0 Å². The summed E-state index contributed by atoms with van der Waals surface area (Å²) in [5, 5.41) is 4.04. The molecule has 0 fully saturated rings. The third-order valence-electron chi connectivity index (χ3n) is 4.61. The van der Waals surface area contributed by atoms with E-state index in [9.17, 15) is 4.79 Å². The van der Waals surface area contributed by atoms with Crippen molar-refractivity contribution in [3.05, 3.63) is 74.2 Å². The highest BCUT2D eigenvalue weighted by Crippen LogP contribution is 2.33. The van der Waals surface area contributed by atoms with E-state index < -0.39 is 0 Å². The van der Waals surface area contributed by atoms with E-state index in [0.717, 1.165) is 15.6 Å². The number of halogens is 3. The van der Waals surface area contributed by atoms with Gasteiger partial charge in [-0.3, -0.25) is 4.79 Å². The fourth-order valence-corrected chi connectivity index (χ4v) is 3.79. The van der Waals surface area contributed by atoms with Crippen molar-refractivity contribution in [1.29, 1.82) is 0 Å². The molecular weight excluding hydrogens is 503 g/mol. The first-order valence-electron chi connectivity index (χ1n) is 9.35. The Morgan fingerprint density at radius 1 is 1.10 bits per heavy atom. The highest BCUT2D eigenvalue weighted by Gasteiger charge is 2.14. The number of aryl methyl sites for hydroxylation is 2. The second-order valence-electron chi connectivity index (χ2n) is 7.03. The van der Waals surface area contributed by atoms with Gasteiger partial charge in [0.05, 0.1) is 10.6 Å². The van der Waals surface area contributed by atoms with Crippen LogP contribution in [0.1, 0.15) is 11.1 Å². The third kappa shape index (κ3) is 4.87. The molecule has 4 aromatic rings. The first-order chi connectivity index (χ1) is 14.8. The summed E-state index contributed by atoms with van der Waals surface area (Å²) in [5.74, 6) is 0.710. The molecule has 0 atom stereocenters. The number of hydrogen-bond acceptors (Lipinski definition) is 4. The summed E-state index contributed by atoms with van der Waals surface area (Å²) in [6.45, 7) is 3.66. The van der Waals surface area contributed by atoms with Gasteiger partial charge in [0.25, 0.3) is 5.91 Å². The van der Waals surface area contributed by atoms with Crippen LogP contribution in [0.15, 0.2) is 57.4 Å². The summed E-state index contributed by atoms with van der Waals surface area (Å²) in [7, 11) is 0. The lowest BCUT2D eigenvalue weighted by molar-refractivity contribution is -0.118. The van der Waals surface area contributed by atoms with E-state index in [1.165, 1.54) is 0 Å². The molecule has 1 N–H and O–H groups in total. The molecule has 1 aromatic heterocycles. The number of benzene rings is 3. The number of nitrogens with zero attached hydrogens (tertiary/aromatic N) is 1. The molecule has 4 rings (SSSR count). The molecule has 1 amide bonds. The van der Waals surface area contributed by atoms with Crippen molar-refractivity contribution >= 4 is 61.8 Å². The van der Waals surface area contributed by atoms with Crippen LogP contribution < -0.4 is 10.1 Å².